The van der Waals surface area contributed by atoms with E-state index in [-0.39, 0.29) is 12.2 Å². The maximum Gasteiger partial charge on any atom is 0.426 e. The van der Waals surface area contributed by atoms with Crippen molar-refractivity contribution in [2.45, 2.75) is 6.92 Å². The van der Waals surface area contributed by atoms with Crippen molar-refractivity contribution >= 4 is 27.9 Å². The maximum absolute atomic E-state index is 12.8. The second kappa shape index (κ2) is 6.19. The first-order valence-corrected chi connectivity index (χ1v) is 5.52. The van der Waals surface area contributed by atoms with Gasteiger partial charge in [-0.25, -0.2) is 14.6 Å². The first-order chi connectivity index (χ1) is 8.04. The lowest BCUT2D eigenvalue weighted by atomic mass is 10.2. The average Bonchev–Trinajstić information content (AvgIpc) is 2.26. The number of nitrogens with one attached hydrogen (secondary N) is 2. The van der Waals surface area contributed by atoms with Crippen molar-refractivity contribution in [2.75, 3.05) is 6.61 Å². The molecule has 92 valence electrons. The lowest BCUT2D eigenvalue weighted by Crippen LogP contribution is -2.42. The molecule has 1 rings (SSSR count). The number of amides is 2. The Hall–Kier alpha value is -1.63. The van der Waals surface area contributed by atoms with Crippen LogP contribution in [-0.4, -0.2) is 18.6 Å². The van der Waals surface area contributed by atoms with E-state index in [0.29, 0.717) is 4.47 Å². The summed E-state index contributed by atoms with van der Waals surface area (Å²) in [6, 6.07) is 3.59. The molecule has 0 spiro atoms. The summed E-state index contributed by atoms with van der Waals surface area (Å²) in [5.41, 5.74) is 4.37. The van der Waals surface area contributed by atoms with Crippen LogP contribution in [0.25, 0.3) is 0 Å². The molecule has 1 aromatic carbocycles. The highest BCUT2D eigenvalue weighted by Crippen LogP contribution is 2.17. The highest BCUT2D eigenvalue weighted by atomic mass is 79.9. The van der Waals surface area contributed by atoms with Gasteiger partial charge in [-0.2, -0.15) is 0 Å². The Morgan fingerprint density at radius 1 is 1.41 bits per heavy atom. The predicted molar refractivity (Wildman–Crippen MR) is 61.7 cm³/mol. The van der Waals surface area contributed by atoms with Crippen LogP contribution in [0.3, 0.4) is 0 Å². The van der Waals surface area contributed by atoms with Gasteiger partial charge in [0.05, 0.1) is 12.2 Å². The molecule has 17 heavy (non-hydrogen) atoms. The zero-order valence-corrected chi connectivity index (χ0v) is 10.5. The molecule has 0 aliphatic heterocycles. The van der Waals surface area contributed by atoms with Crippen LogP contribution in [0.1, 0.15) is 17.3 Å². The van der Waals surface area contributed by atoms with Gasteiger partial charge in [-0.3, -0.25) is 10.2 Å². The highest BCUT2D eigenvalue weighted by Gasteiger charge is 2.11. The molecular weight excluding hydrogens is 295 g/mol. The molecule has 0 radical (unpaired) electrons. The Labute approximate surface area is 105 Å². The molecular formula is C10H10BrFN2O3. The van der Waals surface area contributed by atoms with E-state index in [0.717, 1.165) is 12.1 Å². The predicted octanol–water partition coefficient (Wildman–Crippen LogP) is 1.98. The van der Waals surface area contributed by atoms with Crippen LogP contribution >= 0.6 is 15.9 Å². The van der Waals surface area contributed by atoms with E-state index >= 15 is 0 Å². The van der Waals surface area contributed by atoms with Crippen molar-refractivity contribution in [1.29, 1.82) is 0 Å². The molecule has 0 aliphatic carbocycles. The number of benzene rings is 1. The first kappa shape index (κ1) is 13.4. The standard InChI is InChI=1S/C10H10BrFN2O3/c1-2-17-10(16)14-13-9(15)7-4-3-6(12)5-8(7)11/h3-5H,2H2,1H3,(H,13,15)(H,14,16). The summed E-state index contributed by atoms with van der Waals surface area (Å²) in [6.07, 6.45) is -0.765. The zero-order chi connectivity index (χ0) is 12.8. The maximum atomic E-state index is 12.8. The minimum atomic E-state index is -0.765. The SMILES string of the molecule is CCOC(=O)NNC(=O)c1ccc(F)cc1Br. The Kier molecular flexibility index (Phi) is 4.89. The third-order valence-electron chi connectivity index (χ3n) is 1.73. The van der Waals surface area contributed by atoms with E-state index in [1.165, 1.54) is 6.07 Å². The van der Waals surface area contributed by atoms with E-state index < -0.39 is 17.8 Å². The van der Waals surface area contributed by atoms with Crippen LogP contribution in [0.15, 0.2) is 22.7 Å². The molecule has 2 amide bonds. The summed E-state index contributed by atoms with van der Waals surface area (Å²) in [7, 11) is 0. The summed E-state index contributed by atoms with van der Waals surface area (Å²) in [6.45, 7) is 1.83. The van der Waals surface area contributed by atoms with Gasteiger partial charge in [-0.15, -0.1) is 0 Å². The normalized spacial score (nSPS) is 9.59. The second-order valence-corrected chi connectivity index (χ2v) is 3.78. The van der Waals surface area contributed by atoms with Gasteiger partial charge in [-0.1, -0.05) is 0 Å². The number of ether oxygens (including phenoxy) is 1. The Morgan fingerprint density at radius 3 is 2.71 bits per heavy atom. The molecule has 0 saturated carbocycles. The van der Waals surface area contributed by atoms with Crippen LogP contribution in [0.5, 0.6) is 0 Å². The zero-order valence-electron chi connectivity index (χ0n) is 8.92. The van der Waals surface area contributed by atoms with Gasteiger partial charge in [0.15, 0.2) is 0 Å². The number of hydrogen-bond acceptors (Lipinski definition) is 3. The number of hydrogen-bond donors (Lipinski definition) is 2. The molecule has 0 aliphatic rings. The van der Waals surface area contributed by atoms with Crippen LogP contribution in [-0.2, 0) is 4.74 Å². The van der Waals surface area contributed by atoms with E-state index in [2.05, 4.69) is 26.1 Å². The Morgan fingerprint density at radius 2 is 2.12 bits per heavy atom. The molecule has 5 nitrogen and oxygen atoms in total. The number of rotatable bonds is 2. The molecule has 0 atom stereocenters. The number of carbonyl (C=O) groups is 2. The van der Waals surface area contributed by atoms with Gasteiger partial charge in [0.25, 0.3) is 5.91 Å². The van der Waals surface area contributed by atoms with Gasteiger partial charge in [0.2, 0.25) is 0 Å². The third kappa shape index (κ3) is 4.03. The lowest BCUT2D eigenvalue weighted by Gasteiger charge is -2.08. The van der Waals surface area contributed by atoms with Gasteiger partial charge >= 0.3 is 6.09 Å². The number of carbonyl (C=O) groups excluding carboxylic acids is 2. The molecule has 0 fully saturated rings. The van der Waals surface area contributed by atoms with Gasteiger partial charge in [-0.05, 0) is 41.1 Å². The van der Waals surface area contributed by atoms with Crippen molar-refractivity contribution in [3.05, 3.63) is 34.1 Å². The minimum Gasteiger partial charge on any atom is -0.449 e. The van der Waals surface area contributed by atoms with E-state index in [9.17, 15) is 14.0 Å². The summed E-state index contributed by atoms with van der Waals surface area (Å²) < 4.78 is 17.6. The fraction of sp³-hybridized carbons (Fsp3) is 0.200. The molecule has 0 saturated heterocycles. The smallest absolute Gasteiger partial charge is 0.426 e. The fourth-order valence-electron chi connectivity index (χ4n) is 1.02. The molecule has 7 heteroatoms. The van der Waals surface area contributed by atoms with E-state index in [1.807, 2.05) is 5.43 Å². The van der Waals surface area contributed by atoms with Crippen molar-refractivity contribution in [3.8, 4) is 0 Å². The Bertz CT molecular complexity index is 440. The second-order valence-electron chi connectivity index (χ2n) is 2.92. The van der Waals surface area contributed by atoms with Gasteiger partial charge < -0.3 is 4.74 Å². The molecule has 1 aromatic rings. The van der Waals surface area contributed by atoms with E-state index in [4.69, 9.17) is 0 Å². The summed E-state index contributed by atoms with van der Waals surface area (Å²) >= 11 is 3.04. The van der Waals surface area contributed by atoms with Crippen molar-refractivity contribution in [2.24, 2.45) is 0 Å². The number of halogens is 2. The molecule has 0 aromatic heterocycles. The first-order valence-electron chi connectivity index (χ1n) is 4.72. The van der Waals surface area contributed by atoms with Crippen LogP contribution in [0.2, 0.25) is 0 Å². The van der Waals surface area contributed by atoms with Crippen molar-refractivity contribution < 1.29 is 18.7 Å². The summed E-state index contributed by atoms with van der Waals surface area (Å²) in [5.74, 6) is -1.04. The van der Waals surface area contributed by atoms with E-state index in [1.54, 1.807) is 6.92 Å². The molecule has 0 heterocycles. The molecule has 2 N–H and O–H groups in total. The highest BCUT2D eigenvalue weighted by molar-refractivity contribution is 9.10. The van der Waals surface area contributed by atoms with Gasteiger partial charge in [0.1, 0.15) is 5.82 Å². The van der Waals surface area contributed by atoms with Crippen molar-refractivity contribution in [1.82, 2.24) is 10.9 Å². The van der Waals surface area contributed by atoms with Crippen LogP contribution < -0.4 is 10.9 Å². The molecule has 0 unspecified atom stereocenters. The Balaban J connectivity index is 2.61. The summed E-state index contributed by atoms with van der Waals surface area (Å²) in [5, 5.41) is 0. The number of hydrazine groups is 1. The quantitative estimate of drug-likeness (QED) is 0.821. The fourth-order valence-corrected chi connectivity index (χ4v) is 1.55. The summed E-state index contributed by atoms with van der Waals surface area (Å²) in [4.78, 5) is 22.4. The average molecular weight is 305 g/mol. The molecule has 0 bridgehead atoms. The van der Waals surface area contributed by atoms with Crippen LogP contribution in [0.4, 0.5) is 9.18 Å². The largest absolute Gasteiger partial charge is 0.449 e. The van der Waals surface area contributed by atoms with Crippen LogP contribution in [0, 0.1) is 5.82 Å². The topological polar surface area (TPSA) is 67.4 Å². The van der Waals surface area contributed by atoms with Gasteiger partial charge in [0, 0.05) is 4.47 Å². The monoisotopic (exact) mass is 304 g/mol. The van der Waals surface area contributed by atoms with Crippen molar-refractivity contribution in [3.63, 3.8) is 0 Å². The third-order valence-corrected chi connectivity index (χ3v) is 2.39. The minimum absolute atomic E-state index is 0.196. The lowest BCUT2D eigenvalue weighted by molar-refractivity contribution is 0.0912.